The van der Waals surface area contributed by atoms with E-state index in [1.165, 1.54) is 6.20 Å². The van der Waals surface area contributed by atoms with Crippen LogP contribution >= 0.6 is 0 Å². The van der Waals surface area contributed by atoms with Crippen LogP contribution in [-0.2, 0) is 6.42 Å². The lowest BCUT2D eigenvalue weighted by Crippen LogP contribution is -2.25. The number of ketones is 1. The van der Waals surface area contributed by atoms with E-state index in [1.54, 1.807) is 16.8 Å². The summed E-state index contributed by atoms with van der Waals surface area (Å²) < 4.78 is 15.9. The third-order valence-electron chi connectivity index (χ3n) is 7.08. The molecule has 5 rings (SSSR count). The van der Waals surface area contributed by atoms with Crippen LogP contribution in [0, 0.1) is 17.7 Å². The van der Waals surface area contributed by atoms with Crippen molar-refractivity contribution >= 4 is 17.2 Å². The summed E-state index contributed by atoms with van der Waals surface area (Å²) in [6.07, 6.45) is 10.1. The van der Waals surface area contributed by atoms with Gasteiger partial charge in [-0.3, -0.25) is 9.78 Å². The Morgan fingerprint density at radius 2 is 2.00 bits per heavy atom. The monoisotopic (exact) mass is 421 g/mol. The molecule has 3 aromatic heterocycles. The average Bonchev–Trinajstić information content (AvgIpc) is 3.40. The van der Waals surface area contributed by atoms with Gasteiger partial charge in [0.1, 0.15) is 11.6 Å². The summed E-state index contributed by atoms with van der Waals surface area (Å²) in [6.45, 7) is 5.19. The lowest BCUT2D eigenvalue weighted by Gasteiger charge is -2.27. The van der Waals surface area contributed by atoms with Crippen LogP contribution in [-0.4, -0.2) is 31.9 Å². The summed E-state index contributed by atoms with van der Waals surface area (Å²) in [5.74, 6) is 1.28. The number of carbonyl (C=O) groups excluding carboxylic acids is 1. The fourth-order valence-electron chi connectivity index (χ4n) is 5.04. The molecule has 2 aliphatic rings. The molecule has 3 aromatic rings. The fraction of sp³-hybridized carbons (Fsp3) is 0.500. The molecule has 2 bridgehead atoms. The number of halogens is 1. The number of anilines is 1. The predicted molar refractivity (Wildman–Crippen MR) is 117 cm³/mol. The van der Waals surface area contributed by atoms with Gasteiger partial charge >= 0.3 is 0 Å². The summed E-state index contributed by atoms with van der Waals surface area (Å²) >= 11 is 0. The van der Waals surface area contributed by atoms with Crippen LogP contribution in [0.1, 0.15) is 73.6 Å². The van der Waals surface area contributed by atoms with Gasteiger partial charge in [0.25, 0.3) is 0 Å². The molecule has 31 heavy (non-hydrogen) atoms. The largest absolute Gasteiger partial charge is 0.349 e. The molecule has 0 saturated carbocycles. The summed E-state index contributed by atoms with van der Waals surface area (Å²) in [4.78, 5) is 24.6. The molecule has 0 aliphatic carbocycles. The second-order valence-corrected chi connectivity index (χ2v) is 9.13. The first-order chi connectivity index (χ1) is 15.0. The minimum Gasteiger partial charge on any atom is -0.349 e. The normalized spacial score (nSPS) is 24.7. The fourth-order valence-corrected chi connectivity index (χ4v) is 5.04. The minimum atomic E-state index is -0.294. The zero-order valence-corrected chi connectivity index (χ0v) is 18.1. The highest BCUT2D eigenvalue weighted by atomic mass is 19.1. The van der Waals surface area contributed by atoms with Crippen molar-refractivity contribution in [2.24, 2.45) is 11.8 Å². The molecule has 162 valence electrons. The highest BCUT2D eigenvalue weighted by Crippen LogP contribution is 2.37. The van der Waals surface area contributed by atoms with E-state index in [1.807, 2.05) is 12.3 Å². The molecule has 3 atom stereocenters. The maximum absolute atomic E-state index is 14.2. The molecule has 6 nitrogen and oxygen atoms in total. The number of hydrogen-bond donors (Lipinski definition) is 0. The number of Topliss-reactive ketones (excluding diaryl/α,β-unsaturated/α-hetero) is 1. The zero-order valence-electron chi connectivity index (χ0n) is 18.1. The number of aromatic nitrogens is 4. The van der Waals surface area contributed by atoms with Gasteiger partial charge in [-0.1, -0.05) is 20.3 Å². The van der Waals surface area contributed by atoms with E-state index in [9.17, 15) is 9.18 Å². The molecule has 1 unspecified atom stereocenters. The number of carbonyl (C=O) groups is 1. The van der Waals surface area contributed by atoms with Crippen molar-refractivity contribution < 1.29 is 9.18 Å². The van der Waals surface area contributed by atoms with Gasteiger partial charge in [0.15, 0.2) is 11.4 Å². The Hall–Kier alpha value is -2.83. The number of rotatable bonds is 0. The van der Waals surface area contributed by atoms with Crippen molar-refractivity contribution in [3.63, 3.8) is 0 Å². The number of fused-ring (bicyclic) bond motifs is 5. The molecule has 2 aliphatic heterocycles. The number of hydrogen-bond acceptors (Lipinski definition) is 5. The lowest BCUT2D eigenvalue weighted by molar-refractivity contribution is 0.0951. The van der Waals surface area contributed by atoms with Crippen molar-refractivity contribution in [2.45, 2.75) is 58.4 Å². The van der Waals surface area contributed by atoms with Gasteiger partial charge in [0.05, 0.1) is 24.0 Å². The van der Waals surface area contributed by atoms with Crippen molar-refractivity contribution in [1.82, 2.24) is 19.6 Å². The Labute approximate surface area is 181 Å². The van der Waals surface area contributed by atoms with E-state index in [-0.39, 0.29) is 23.6 Å². The van der Waals surface area contributed by atoms with Gasteiger partial charge in [-0.05, 0) is 55.2 Å². The first kappa shape index (κ1) is 20.1. The predicted octanol–water partition coefficient (Wildman–Crippen LogP) is 4.79. The molecule has 7 heteroatoms. The minimum absolute atomic E-state index is 0.0386. The maximum Gasteiger partial charge on any atom is 0.168 e. The quantitative estimate of drug-likeness (QED) is 0.522. The van der Waals surface area contributed by atoms with Crippen molar-refractivity contribution in [3.05, 3.63) is 53.4 Å². The van der Waals surface area contributed by atoms with E-state index < -0.39 is 0 Å². The van der Waals surface area contributed by atoms with Crippen molar-refractivity contribution in [1.29, 1.82) is 0 Å². The zero-order chi connectivity index (χ0) is 21.5. The maximum atomic E-state index is 14.2. The third-order valence-corrected chi connectivity index (χ3v) is 7.08. The highest BCUT2D eigenvalue weighted by Gasteiger charge is 2.31. The molecule has 5 heterocycles. The van der Waals surface area contributed by atoms with Gasteiger partial charge in [-0.2, -0.15) is 5.10 Å². The summed E-state index contributed by atoms with van der Waals surface area (Å²) in [6, 6.07) is 3.63. The van der Waals surface area contributed by atoms with E-state index in [4.69, 9.17) is 4.98 Å². The lowest BCUT2D eigenvalue weighted by atomic mass is 9.86. The average molecular weight is 422 g/mol. The Morgan fingerprint density at radius 1 is 1.13 bits per heavy atom. The smallest absolute Gasteiger partial charge is 0.168 e. The number of aryl methyl sites for hydroxylation is 1. The van der Waals surface area contributed by atoms with Gasteiger partial charge < -0.3 is 4.90 Å². The van der Waals surface area contributed by atoms with E-state index in [0.29, 0.717) is 23.5 Å². The Morgan fingerprint density at radius 3 is 2.87 bits per heavy atom. The van der Waals surface area contributed by atoms with Crippen LogP contribution in [0.15, 0.2) is 30.7 Å². The molecule has 0 amide bonds. The van der Waals surface area contributed by atoms with Gasteiger partial charge in [0, 0.05) is 24.9 Å². The molecule has 1 saturated heterocycles. The summed E-state index contributed by atoms with van der Waals surface area (Å²) in [5.41, 5.74) is 3.13. The number of pyridine rings is 1. The third kappa shape index (κ3) is 3.70. The molecular formula is C24H28FN5O. The van der Waals surface area contributed by atoms with Gasteiger partial charge in [0.2, 0.25) is 0 Å². The summed E-state index contributed by atoms with van der Waals surface area (Å²) in [7, 11) is 0. The second kappa shape index (κ2) is 8.02. The molecule has 0 spiro atoms. The Kier molecular flexibility index (Phi) is 5.20. The standard InChI is InChI=1S/C24H28FN5O/c1-15-5-3-6-20-18(12-17(25)13-26-20)21-7-4-9-29(21)23-8-10-30-24(28-23)19(14-27-30)22(31)11-16(15)2/h8,10,12-16,21H,3-7,9,11H2,1-2H3/t15-,16?,21-/m1/s1. The molecule has 0 N–H and O–H groups in total. The molecule has 0 aromatic carbocycles. The van der Waals surface area contributed by atoms with Gasteiger partial charge in [-0.25, -0.2) is 13.9 Å². The first-order valence-electron chi connectivity index (χ1n) is 11.3. The van der Waals surface area contributed by atoms with E-state index >= 15 is 0 Å². The van der Waals surface area contributed by atoms with Crippen LogP contribution in [0.2, 0.25) is 0 Å². The Bertz CT molecular complexity index is 1130. The SMILES string of the molecule is CC1CC(=O)c2cnn3ccc(nc23)N2CCC[C@@H]2c2cc(F)cnc2CCC[C@H]1C. The van der Waals surface area contributed by atoms with Crippen LogP contribution in [0.4, 0.5) is 10.2 Å². The van der Waals surface area contributed by atoms with E-state index in [0.717, 1.165) is 55.7 Å². The molecular weight excluding hydrogens is 393 g/mol. The van der Waals surface area contributed by atoms with E-state index in [2.05, 4.69) is 28.8 Å². The van der Waals surface area contributed by atoms with Crippen LogP contribution in [0.25, 0.3) is 5.65 Å². The highest BCUT2D eigenvalue weighted by molar-refractivity contribution is 6.01. The topological polar surface area (TPSA) is 63.4 Å². The van der Waals surface area contributed by atoms with Gasteiger partial charge in [-0.15, -0.1) is 0 Å². The summed E-state index contributed by atoms with van der Waals surface area (Å²) in [5, 5.41) is 4.35. The number of nitrogens with zero attached hydrogens (tertiary/aromatic N) is 5. The molecule has 0 radical (unpaired) electrons. The Balaban J connectivity index is 1.63. The van der Waals surface area contributed by atoms with Crippen molar-refractivity contribution in [3.8, 4) is 0 Å². The first-order valence-corrected chi connectivity index (χ1v) is 11.3. The van der Waals surface area contributed by atoms with Crippen LogP contribution < -0.4 is 4.90 Å². The molecule has 1 fully saturated rings. The van der Waals surface area contributed by atoms with Crippen LogP contribution in [0.5, 0.6) is 0 Å². The van der Waals surface area contributed by atoms with Crippen molar-refractivity contribution in [2.75, 3.05) is 11.4 Å². The second-order valence-electron chi connectivity index (χ2n) is 9.13. The van der Waals surface area contributed by atoms with Crippen LogP contribution in [0.3, 0.4) is 0 Å².